The first-order valence-electron chi connectivity index (χ1n) is 6.48. The lowest BCUT2D eigenvalue weighted by atomic mass is 10.3. The van der Waals surface area contributed by atoms with E-state index in [0.717, 1.165) is 16.9 Å². The van der Waals surface area contributed by atoms with Crippen LogP contribution in [-0.2, 0) is 16.6 Å². The van der Waals surface area contributed by atoms with Crippen molar-refractivity contribution in [2.75, 3.05) is 18.2 Å². The minimum atomic E-state index is -3.23. The fourth-order valence-electron chi connectivity index (χ4n) is 2.11. The van der Waals surface area contributed by atoms with E-state index in [-0.39, 0.29) is 5.75 Å². The number of halogens is 1. The van der Waals surface area contributed by atoms with Gasteiger partial charge in [-0.2, -0.15) is 0 Å². The number of benzene rings is 1. The van der Waals surface area contributed by atoms with E-state index in [1.54, 1.807) is 0 Å². The van der Waals surface area contributed by atoms with Gasteiger partial charge in [0.15, 0.2) is 0 Å². The number of fused-ring (bicyclic) bond motifs is 1. The van der Waals surface area contributed by atoms with Crippen molar-refractivity contribution in [3.8, 4) is 0 Å². The Hall–Kier alpha value is -1.11. The number of nitrogens with one attached hydrogen (secondary N) is 1. The van der Waals surface area contributed by atoms with E-state index < -0.39 is 10.0 Å². The Morgan fingerprint density at radius 3 is 2.85 bits per heavy atom. The molecule has 0 unspecified atom stereocenters. The van der Waals surface area contributed by atoms with Crippen LogP contribution in [0.5, 0.6) is 0 Å². The van der Waals surface area contributed by atoms with Crippen molar-refractivity contribution in [3.63, 3.8) is 0 Å². The number of aryl methyl sites for hydroxylation is 1. The van der Waals surface area contributed by atoms with Crippen LogP contribution in [0.1, 0.15) is 12.2 Å². The van der Waals surface area contributed by atoms with Gasteiger partial charge in [0.25, 0.3) is 0 Å². The summed E-state index contributed by atoms with van der Waals surface area (Å²) >= 11 is 5.50. The van der Waals surface area contributed by atoms with Gasteiger partial charge < -0.3 is 4.57 Å². The number of sulfonamides is 1. The lowest BCUT2D eigenvalue weighted by molar-refractivity contribution is 0.571. The lowest BCUT2D eigenvalue weighted by Gasteiger charge is -2.09. The molecule has 0 saturated carbocycles. The number of alkyl halides is 1. The van der Waals surface area contributed by atoms with Crippen LogP contribution in [0.15, 0.2) is 24.3 Å². The largest absolute Gasteiger partial charge is 0.327 e. The van der Waals surface area contributed by atoms with Crippen LogP contribution in [0, 0.1) is 6.92 Å². The van der Waals surface area contributed by atoms with Crippen molar-refractivity contribution in [3.05, 3.63) is 30.1 Å². The van der Waals surface area contributed by atoms with E-state index in [2.05, 4.69) is 9.71 Å². The summed E-state index contributed by atoms with van der Waals surface area (Å²) in [6.45, 7) is 2.83. The molecule has 1 heterocycles. The van der Waals surface area contributed by atoms with E-state index in [4.69, 9.17) is 11.6 Å². The molecular formula is C13H18ClN3O2S. The predicted molar refractivity (Wildman–Crippen MR) is 81.6 cm³/mol. The molecule has 20 heavy (non-hydrogen) atoms. The molecule has 0 aliphatic rings. The second-order valence-electron chi connectivity index (χ2n) is 4.56. The molecule has 0 bridgehead atoms. The van der Waals surface area contributed by atoms with Gasteiger partial charge in [0.05, 0.1) is 16.8 Å². The summed E-state index contributed by atoms with van der Waals surface area (Å²) in [5.41, 5.74) is 1.94. The topological polar surface area (TPSA) is 64.0 Å². The fourth-order valence-corrected chi connectivity index (χ4v) is 3.47. The summed E-state index contributed by atoms with van der Waals surface area (Å²) in [5.74, 6) is 1.30. The smallest absolute Gasteiger partial charge is 0.211 e. The molecule has 0 atom stereocenters. The number of hydrogen-bond acceptors (Lipinski definition) is 3. The Balaban J connectivity index is 2.01. The van der Waals surface area contributed by atoms with E-state index in [1.165, 1.54) is 0 Å². The Morgan fingerprint density at radius 2 is 2.10 bits per heavy atom. The molecule has 0 aliphatic carbocycles. The summed E-state index contributed by atoms with van der Waals surface area (Å²) in [7, 11) is -3.23. The molecule has 0 fully saturated rings. The first-order valence-corrected chi connectivity index (χ1v) is 8.67. The third-order valence-electron chi connectivity index (χ3n) is 3.05. The van der Waals surface area contributed by atoms with Crippen LogP contribution in [0.4, 0.5) is 0 Å². The quantitative estimate of drug-likeness (QED) is 0.794. The van der Waals surface area contributed by atoms with Gasteiger partial charge in [-0.3, -0.25) is 0 Å². The van der Waals surface area contributed by atoms with Crippen molar-refractivity contribution in [1.82, 2.24) is 14.3 Å². The number of nitrogens with zero attached hydrogens (tertiary/aromatic N) is 2. The maximum atomic E-state index is 11.7. The van der Waals surface area contributed by atoms with Gasteiger partial charge in [-0.05, 0) is 25.5 Å². The molecule has 0 radical (unpaired) electrons. The highest BCUT2D eigenvalue weighted by molar-refractivity contribution is 7.89. The van der Waals surface area contributed by atoms with E-state index in [0.29, 0.717) is 25.4 Å². The van der Waals surface area contributed by atoms with Gasteiger partial charge in [0.2, 0.25) is 10.0 Å². The van der Waals surface area contributed by atoms with Gasteiger partial charge in [-0.25, -0.2) is 18.1 Å². The minimum Gasteiger partial charge on any atom is -0.327 e. The van der Waals surface area contributed by atoms with Crippen molar-refractivity contribution in [2.24, 2.45) is 0 Å². The van der Waals surface area contributed by atoms with E-state index in [1.807, 2.05) is 35.8 Å². The van der Waals surface area contributed by atoms with Crippen LogP contribution in [0.25, 0.3) is 11.0 Å². The zero-order valence-corrected chi connectivity index (χ0v) is 12.9. The van der Waals surface area contributed by atoms with Crippen molar-refractivity contribution < 1.29 is 8.42 Å². The van der Waals surface area contributed by atoms with Crippen LogP contribution >= 0.6 is 11.6 Å². The Morgan fingerprint density at radius 1 is 1.35 bits per heavy atom. The Kier molecular flexibility index (Phi) is 5.01. The van der Waals surface area contributed by atoms with E-state index in [9.17, 15) is 8.42 Å². The molecule has 1 N–H and O–H groups in total. The molecule has 110 valence electrons. The van der Waals surface area contributed by atoms with Gasteiger partial charge in [-0.1, -0.05) is 12.1 Å². The first-order chi connectivity index (χ1) is 9.53. The standard InChI is InChI=1S/C13H18ClN3O2S/c1-11-16-12-5-2-3-6-13(12)17(11)9-8-15-20(18,19)10-4-7-14/h2-3,5-6,15H,4,7-10H2,1H3. The van der Waals surface area contributed by atoms with Crippen molar-refractivity contribution >= 4 is 32.7 Å². The predicted octanol–water partition coefficient (Wildman–Crippen LogP) is 1.89. The molecule has 5 nitrogen and oxygen atoms in total. The number of imidazole rings is 1. The zero-order chi connectivity index (χ0) is 14.6. The average molecular weight is 316 g/mol. The second kappa shape index (κ2) is 6.56. The molecule has 0 aliphatic heterocycles. The molecule has 1 aromatic carbocycles. The highest BCUT2D eigenvalue weighted by atomic mass is 35.5. The first kappa shape index (κ1) is 15.3. The van der Waals surface area contributed by atoms with Crippen LogP contribution in [-0.4, -0.2) is 36.1 Å². The second-order valence-corrected chi connectivity index (χ2v) is 6.86. The SMILES string of the molecule is Cc1nc2ccccc2n1CCNS(=O)(=O)CCCCl. The van der Waals surface area contributed by atoms with E-state index >= 15 is 0 Å². The highest BCUT2D eigenvalue weighted by Crippen LogP contribution is 2.14. The lowest BCUT2D eigenvalue weighted by Crippen LogP contribution is -2.29. The molecule has 0 saturated heterocycles. The third kappa shape index (κ3) is 3.71. The Labute approximate surface area is 124 Å². The van der Waals surface area contributed by atoms with Crippen LogP contribution < -0.4 is 4.72 Å². The average Bonchev–Trinajstić information content (AvgIpc) is 2.73. The van der Waals surface area contributed by atoms with Gasteiger partial charge in [0, 0.05) is 19.0 Å². The molecule has 0 amide bonds. The molecule has 0 spiro atoms. The normalized spacial score (nSPS) is 12.1. The summed E-state index contributed by atoms with van der Waals surface area (Å²) in [6.07, 6.45) is 0.462. The maximum absolute atomic E-state index is 11.7. The summed E-state index contributed by atoms with van der Waals surface area (Å²) in [6, 6.07) is 7.82. The molecule has 2 rings (SSSR count). The highest BCUT2D eigenvalue weighted by Gasteiger charge is 2.10. The number of rotatable bonds is 7. The van der Waals surface area contributed by atoms with Crippen LogP contribution in [0.2, 0.25) is 0 Å². The monoisotopic (exact) mass is 315 g/mol. The molecule has 7 heteroatoms. The summed E-state index contributed by atoms with van der Waals surface area (Å²) < 4.78 is 27.9. The number of aromatic nitrogens is 2. The summed E-state index contributed by atoms with van der Waals surface area (Å²) in [4.78, 5) is 4.45. The molecule has 1 aromatic heterocycles. The summed E-state index contributed by atoms with van der Waals surface area (Å²) in [5, 5.41) is 0. The van der Waals surface area contributed by atoms with Gasteiger partial charge in [-0.15, -0.1) is 11.6 Å². The van der Waals surface area contributed by atoms with Crippen LogP contribution in [0.3, 0.4) is 0 Å². The molecular weight excluding hydrogens is 298 g/mol. The van der Waals surface area contributed by atoms with Gasteiger partial charge in [0.1, 0.15) is 5.82 Å². The zero-order valence-electron chi connectivity index (χ0n) is 11.3. The number of hydrogen-bond donors (Lipinski definition) is 1. The Bertz CT molecular complexity index is 682. The maximum Gasteiger partial charge on any atom is 0.211 e. The van der Waals surface area contributed by atoms with Gasteiger partial charge >= 0.3 is 0 Å². The fraction of sp³-hybridized carbons (Fsp3) is 0.462. The minimum absolute atomic E-state index is 0.0696. The third-order valence-corrected chi connectivity index (χ3v) is 4.79. The molecule has 2 aromatic rings. The number of para-hydroxylation sites is 2. The van der Waals surface area contributed by atoms with Crippen molar-refractivity contribution in [1.29, 1.82) is 0 Å². The van der Waals surface area contributed by atoms with Crippen molar-refractivity contribution in [2.45, 2.75) is 19.9 Å².